The molecule has 1 amide bonds. The number of hydrogen-bond donors (Lipinski definition) is 2. The number of amides is 1. The van der Waals surface area contributed by atoms with Crippen molar-refractivity contribution in [2.24, 2.45) is 0 Å². The van der Waals surface area contributed by atoms with Crippen LogP contribution in [0.25, 0.3) is 0 Å². The average Bonchev–Trinajstić information content (AvgIpc) is 2.68. The topological polar surface area (TPSA) is 60.8 Å². The third-order valence-corrected chi connectivity index (χ3v) is 3.83. The summed E-state index contributed by atoms with van der Waals surface area (Å²) in [7, 11) is 0. The van der Waals surface area contributed by atoms with Gasteiger partial charge in [0.15, 0.2) is 0 Å². The molecule has 0 aromatic heterocycles. The number of carbonyl (C=O) groups excluding carboxylic acids is 1. The highest BCUT2D eigenvalue weighted by Crippen LogP contribution is 2.22. The van der Waals surface area contributed by atoms with Crippen LogP contribution in [0.4, 0.5) is 4.39 Å². The molecular weight excluding hydrogens is 257 g/mol. The molecule has 1 aliphatic rings. The van der Waals surface area contributed by atoms with Crippen LogP contribution in [0.5, 0.6) is 0 Å². The lowest BCUT2D eigenvalue weighted by atomic mass is 10.3. The molecule has 1 saturated heterocycles. The Hall–Kier alpha value is -1.11. The minimum absolute atomic E-state index is 0.0976. The normalized spacial score (nSPS) is 23.4. The number of hydrogen-bond acceptors (Lipinski definition) is 4. The van der Waals surface area contributed by atoms with E-state index in [1.165, 1.54) is 11.0 Å². The largest absolute Gasteiger partial charge is 0.388 e. The van der Waals surface area contributed by atoms with Crippen LogP contribution in [-0.2, 0) is 4.79 Å². The third kappa shape index (κ3) is 3.01. The highest BCUT2D eigenvalue weighted by atomic mass is 32.2. The molecule has 98 valence electrons. The predicted molar refractivity (Wildman–Crippen MR) is 65.7 cm³/mol. The Morgan fingerprint density at radius 1 is 1.33 bits per heavy atom. The Labute approximate surface area is 108 Å². The number of rotatable bonds is 3. The van der Waals surface area contributed by atoms with Gasteiger partial charge in [-0.2, -0.15) is 0 Å². The minimum atomic E-state index is -0.882. The molecular formula is C12H14FNO3S. The summed E-state index contributed by atoms with van der Waals surface area (Å²) in [6, 6.07) is 6.25. The summed E-state index contributed by atoms with van der Waals surface area (Å²) in [6.07, 6.45) is -1.76. The Balaban J connectivity index is 1.88. The van der Waals surface area contributed by atoms with Gasteiger partial charge in [-0.05, 0) is 12.1 Å². The summed E-state index contributed by atoms with van der Waals surface area (Å²) in [5.41, 5.74) is 0. The summed E-state index contributed by atoms with van der Waals surface area (Å²) in [5.74, 6) is -0.462. The second-order valence-electron chi connectivity index (χ2n) is 4.15. The Kier molecular flexibility index (Phi) is 4.21. The number of likely N-dealkylation sites (tertiary alicyclic amines) is 1. The van der Waals surface area contributed by atoms with Crippen molar-refractivity contribution in [3.63, 3.8) is 0 Å². The standard InChI is InChI=1S/C12H14FNO3S/c13-8-3-1-2-4-11(8)18-7-12(17)14-5-9(15)10(16)6-14/h1-4,9-10,15-16H,5-7H2. The molecule has 0 radical (unpaired) electrons. The number of β-amino-alcohol motifs (C(OH)–C–C–N with tert-alkyl or cyclic N) is 2. The Bertz CT molecular complexity index is 433. The molecule has 18 heavy (non-hydrogen) atoms. The van der Waals surface area contributed by atoms with Crippen LogP contribution in [0.2, 0.25) is 0 Å². The van der Waals surface area contributed by atoms with E-state index in [0.717, 1.165) is 11.8 Å². The molecule has 0 spiro atoms. The van der Waals surface area contributed by atoms with E-state index < -0.39 is 12.2 Å². The first-order valence-electron chi connectivity index (χ1n) is 5.59. The third-order valence-electron chi connectivity index (χ3n) is 2.80. The first-order valence-corrected chi connectivity index (χ1v) is 6.57. The number of carbonyl (C=O) groups is 1. The fraction of sp³-hybridized carbons (Fsp3) is 0.417. The smallest absolute Gasteiger partial charge is 0.233 e. The second-order valence-corrected chi connectivity index (χ2v) is 5.17. The monoisotopic (exact) mass is 271 g/mol. The molecule has 1 aromatic rings. The van der Waals surface area contributed by atoms with Crippen LogP contribution in [-0.4, -0.2) is 52.1 Å². The molecule has 2 rings (SSSR count). The Morgan fingerprint density at radius 2 is 1.94 bits per heavy atom. The summed E-state index contributed by atoms with van der Waals surface area (Å²) in [6.45, 7) is 0.273. The lowest BCUT2D eigenvalue weighted by Crippen LogP contribution is -2.31. The molecule has 0 saturated carbocycles. The summed E-state index contributed by atoms with van der Waals surface area (Å²) in [4.78, 5) is 13.6. The maximum absolute atomic E-state index is 13.3. The van der Waals surface area contributed by atoms with Gasteiger partial charge < -0.3 is 15.1 Å². The molecule has 2 N–H and O–H groups in total. The molecule has 2 unspecified atom stereocenters. The van der Waals surface area contributed by atoms with E-state index in [2.05, 4.69) is 0 Å². The minimum Gasteiger partial charge on any atom is -0.388 e. The molecule has 6 heteroatoms. The van der Waals surface area contributed by atoms with Crippen LogP contribution < -0.4 is 0 Å². The van der Waals surface area contributed by atoms with E-state index >= 15 is 0 Å². The van der Waals surface area contributed by atoms with Gasteiger partial charge in [-0.25, -0.2) is 4.39 Å². The van der Waals surface area contributed by atoms with Gasteiger partial charge in [0.05, 0.1) is 18.0 Å². The van der Waals surface area contributed by atoms with Gasteiger partial charge in [0.25, 0.3) is 0 Å². The van der Waals surface area contributed by atoms with Crippen LogP contribution in [0, 0.1) is 5.82 Å². The van der Waals surface area contributed by atoms with Crippen LogP contribution in [0.3, 0.4) is 0 Å². The zero-order chi connectivity index (χ0) is 13.1. The summed E-state index contributed by atoms with van der Waals surface area (Å²) < 4.78 is 13.3. The zero-order valence-electron chi connectivity index (χ0n) is 9.62. The van der Waals surface area contributed by atoms with Gasteiger partial charge >= 0.3 is 0 Å². The molecule has 0 bridgehead atoms. The predicted octanol–water partition coefficient (Wildman–Crippen LogP) is 0.482. The van der Waals surface area contributed by atoms with Crippen LogP contribution >= 0.6 is 11.8 Å². The van der Waals surface area contributed by atoms with Crippen LogP contribution in [0.1, 0.15) is 0 Å². The fourth-order valence-corrected chi connectivity index (χ4v) is 2.61. The van der Waals surface area contributed by atoms with Gasteiger partial charge in [-0.1, -0.05) is 12.1 Å². The van der Waals surface area contributed by atoms with E-state index in [4.69, 9.17) is 0 Å². The molecule has 1 aliphatic heterocycles. The fourth-order valence-electron chi connectivity index (χ4n) is 1.77. The molecule has 1 fully saturated rings. The van der Waals surface area contributed by atoms with Crippen molar-refractivity contribution < 1.29 is 19.4 Å². The number of thioether (sulfide) groups is 1. The molecule has 1 heterocycles. The van der Waals surface area contributed by atoms with Gasteiger partial charge in [-0.15, -0.1) is 11.8 Å². The maximum atomic E-state index is 13.3. The molecule has 1 aromatic carbocycles. The Morgan fingerprint density at radius 3 is 2.56 bits per heavy atom. The van der Waals surface area contributed by atoms with Crippen molar-refractivity contribution in [1.82, 2.24) is 4.90 Å². The van der Waals surface area contributed by atoms with E-state index in [1.54, 1.807) is 18.2 Å². The van der Waals surface area contributed by atoms with Crippen LogP contribution in [0.15, 0.2) is 29.2 Å². The number of aliphatic hydroxyl groups excluding tert-OH is 2. The lowest BCUT2D eigenvalue weighted by molar-refractivity contribution is -0.127. The molecule has 2 atom stereocenters. The number of halogens is 1. The van der Waals surface area contributed by atoms with E-state index in [-0.39, 0.29) is 30.6 Å². The summed E-state index contributed by atoms with van der Waals surface area (Å²) >= 11 is 1.11. The first-order chi connectivity index (χ1) is 8.58. The first kappa shape index (κ1) is 13.3. The second kappa shape index (κ2) is 5.69. The summed E-state index contributed by atoms with van der Waals surface area (Å²) in [5, 5.41) is 18.7. The van der Waals surface area contributed by atoms with Crippen molar-refractivity contribution in [2.75, 3.05) is 18.8 Å². The molecule has 0 aliphatic carbocycles. The van der Waals surface area contributed by atoms with Crippen molar-refractivity contribution in [1.29, 1.82) is 0 Å². The lowest BCUT2D eigenvalue weighted by Gasteiger charge is -2.14. The van der Waals surface area contributed by atoms with Crippen molar-refractivity contribution >= 4 is 17.7 Å². The van der Waals surface area contributed by atoms with E-state index in [9.17, 15) is 19.4 Å². The SMILES string of the molecule is O=C(CSc1ccccc1F)N1CC(O)C(O)C1. The van der Waals surface area contributed by atoms with E-state index in [0.29, 0.717) is 4.90 Å². The number of nitrogens with zero attached hydrogens (tertiary/aromatic N) is 1. The van der Waals surface area contributed by atoms with Crippen molar-refractivity contribution in [2.45, 2.75) is 17.1 Å². The quantitative estimate of drug-likeness (QED) is 0.785. The van der Waals surface area contributed by atoms with E-state index in [1.807, 2.05) is 0 Å². The number of aliphatic hydroxyl groups is 2. The van der Waals surface area contributed by atoms with Crippen molar-refractivity contribution in [3.8, 4) is 0 Å². The maximum Gasteiger partial charge on any atom is 0.233 e. The highest BCUT2D eigenvalue weighted by molar-refractivity contribution is 8.00. The zero-order valence-corrected chi connectivity index (χ0v) is 10.4. The average molecular weight is 271 g/mol. The van der Waals surface area contributed by atoms with Gasteiger partial charge in [0.2, 0.25) is 5.91 Å². The van der Waals surface area contributed by atoms with Gasteiger partial charge in [0, 0.05) is 18.0 Å². The number of benzene rings is 1. The van der Waals surface area contributed by atoms with Gasteiger partial charge in [0.1, 0.15) is 5.82 Å². The van der Waals surface area contributed by atoms with Gasteiger partial charge in [-0.3, -0.25) is 4.79 Å². The molecule has 4 nitrogen and oxygen atoms in total. The highest BCUT2D eigenvalue weighted by Gasteiger charge is 2.32. The van der Waals surface area contributed by atoms with Crippen molar-refractivity contribution in [3.05, 3.63) is 30.1 Å².